The molecule has 0 radical (unpaired) electrons. The minimum Gasteiger partial charge on any atom is -0.466 e. The van der Waals surface area contributed by atoms with Crippen molar-refractivity contribution in [3.8, 4) is 28.3 Å². The number of rotatable bonds is 6. The molecule has 0 unspecified atom stereocenters. The quantitative estimate of drug-likeness (QED) is 0.373. The maximum atomic E-state index is 15.3. The van der Waals surface area contributed by atoms with Gasteiger partial charge < -0.3 is 14.5 Å². The number of imidazole rings is 1. The Labute approximate surface area is 189 Å². The molecule has 0 atom stereocenters. The van der Waals surface area contributed by atoms with Crippen molar-refractivity contribution in [2.45, 2.75) is 25.9 Å². The fraction of sp³-hybridized carbons (Fsp3) is 0.231. The molecule has 0 bridgehead atoms. The van der Waals surface area contributed by atoms with Crippen LogP contribution in [0.4, 0.5) is 8.78 Å². The smallest absolute Gasteiger partial charge is 0.309 e. The lowest BCUT2D eigenvalue weighted by molar-refractivity contribution is -0.154. The van der Waals surface area contributed by atoms with Crippen LogP contribution in [0.1, 0.15) is 19.8 Å². The van der Waals surface area contributed by atoms with Crippen LogP contribution in [0.15, 0.2) is 60.7 Å². The highest BCUT2D eigenvalue weighted by Gasteiger charge is 2.37. The van der Waals surface area contributed by atoms with Gasteiger partial charge in [0.15, 0.2) is 5.82 Å². The van der Waals surface area contributed by atoms with Gasteiger partial charge in [0.2, 0.25) is 0 Å². The van der Waals surface area contributed by atoms with Crippen LogP contribution in [-0.2, 0) is 9.53 Å². The van der Waals surface area contributed by atoms with Gasteiger partial charge >= 0.3 is 5.97 Å². The Morgan fingerprint density at radius 2 is 1.70 bits per heavy atom. The molecule has 168 valence electrons. The fourth-order valence-electron chi connectivity index (χ4n) is 4.11. The number of fused-ring (bicyclic) bond motifs is 1. The van der Waals surface area contributed by atoms with Gasteiger partial charge in [0, 0.05) is 6.07 Å². The number of halogens is 2. The number of hydrogen-bond donors (Lipinski definition) is 1. The van der Waals surface area contributed by atoms with Gasteiger partial charge in [-0.2, -0.15) is 4.98 Å². The number of aromatic amines is 1. The first-order valence-electron chi connectivity index (χ1n) is 10.9. The molecule has 1 heterocycles. The Kier molecular flexibility index (Phi) is 5.54. The van der Waals surface area contributed by atoms with Crippen molar-refractivity contribution in [3.05, 3.63) is 72.3 Å². The third kappa shape index (κ3) is 4.06. The zero-order chi connectivity index (χ0) is 22.9. The summed E-state index contributed by atoms with van der Waals surface area (Å²) in [6.45, 7) is 2.10. The third-order valence-electron chi connectivity index (χ3n) is 5.92. The van der Waals surface area contributed by atoms with Crippen LogP contribution in [0.2, 0.25) is 0 Å². The van der Waals surface area contributed by atoms with Crippen LogP contribution in [0.5, 0.6) is 6.01 Å². The largest absolute Gasteiger partial charge is 0.466 e. The van der Waals surface area contributed by atoms with E-state index in [0.717, 1.165) is 11.1 Å². The first-order valence-corrected chi connectivity index (χ1v) is 10.9. The molecule has 5 rings (SSSR count). The molecule has 5 nitrogen and oxygen atoms in total. The van der Waals surface area contributed by atoms with E-state index in [1.807, 2.05) is 42.5 Å². The van der Waals surface area contributed by atoms with E-state index in [1.165, 1.54) is 6.07 Å². The van der Waals surface area contributed by atoms with Crippen LogP contribution in [0.25, 0.3) is 33.3 Å². The van der Waals surface area contributed by atoms with Gasteiger partial charge in [0.05, 0.1) is 23.6 Å². The molecular formula is C26H22F2N2O3. The van der Waals surface area contributed by atoms with Crippen molar-refractivity contribution in [3.63, 3.8) is 0 Å². The second-order valence-corrected chi connectivity index (χ2v) is 8.09. The van der Waals surface area contributed by atoms with Gasteiger partial charge in [-0.1, -0.05) is 54.6 Å². The molecule has 0 amide bonds. The van der Waals surface area contributed by atoms with E-state index in [4.69, 9.17) is 9.47 Å². The Hall–Kier alpha value is -3.74. The summed E-state index contributed by atoms with van der Waals surface area (Å²) >= 11 is 0. The standard InChI is InChI=1S/C26H22F2N2O3/c1-2-32-25(31)18-12-19(13-18)33-26-29-21-14-20(27)22(23(28)24(21)30-26)17-10-8-16(9-11-17)15-6-4-3-5-7-15/h3-11,14,18-19H,2,12-13H2,1H3,(H,29,30). The molecule has 1 N–H and O–H groups in total. The topological polar surface area (TPSA) is 64.2 Å². The van der Waals surface area contributed by atoms with Crippen LogP contribution in [0, 0.1) is 17.6 Å². The molecule has 7 heteroatoms. The number of carbonyl (C=O) groups excluding carboxylic acids is 1. The van der Waals surface area contributed by atoms with E-state index in [0.29, 0.717) is 25.0 Å². The number of hydrogen-bond acceptors (Lipinski definition) is 4. The summed E-state index contributed by atoms with van der Waals surface area (Å²) in [7, 11) is 0. The molecule has 33 heavy (non-hydrogen) atoms. The molecule has 1 aliphatic rings. The van der Waals surface area contributed by atoms with E-state index in [1.54, 1.807) is 19.1 Å². The lowest BCUT2D eigenvalue weighted by Gasteiger charge is -2.32. The summed E-state index contributed by atoms with van der Waals surface area (Å²) in [5.74, 6) is -1.87. The van der Waals surface area contributed by atoms with Crippen molar-refractivity contribution >= 4 is 17.0 Å². The van der Waals surface area contributed by atoms with E-state index >= 15 is 4.39 Å². The number of ether oxygens (including phenoxy) is 2. The van der Waals surface area contributed by atoms with Crippen LogP contribution in [0.3, 0.4) is 0 Å². The minimum absolute atomic E-state index is 0.00908. The molecule has 1 aliphatic carbocycles. The minimum atomic E-state index is -0.749. The van der Waals surface area contributed by atoms with E-state index in [2.05, 4.69) is 9.97 Å². The van der Waals surface area contributed by atoms with Crippen LogP contribution in [-0.4, -0.2) is 28.6 Å². The van der Waals surface area contributed by atoms with Gasteiger partial charge in [0.25, 0.3) is 6.01 Å². The molecule has 4 aromatic rings. The maximum Gasteiger partial charge on any atom is 0.309 e. The summed E-state index contributed by atoms with van der Waals surface area (Å²) < 4.78 is 40.9. The van der Waals surface area contributed by atoms with Crippen molar-refractivity contribution in [2.24, 2.45) is 5.92 Å². The second-order valence-electron chi connectivity index (χ2n) is 8.09. The van der Waals surface area contributed by atoms with Gasteiger partial charge in [-0.25, -0.2) is 8.78 Å². The van der Waals surface area contributed by atoms with Crippen molar-refractivity contribution in [1.29, 1.82) is 0 Å². The molecule has 0 aliphatic heterocycles. The Morgan fingerprint density at radius 3 is 2.39 bits per heavy atom. The Morgan fingerprint density at radius 1 is 1.03 bits per heavy atom. The first kappa shape index (κ1) is 21.1. The van der Waals surface area contributed by atoms with Gasteiger partial charge in [-0.3, -0.25) is 4.79 Å². The lowest BCUT2D eigenvalue weighted by atomic mass is 9.82. The molecule has 0 spiro atoms. The zero-order valence-electron chi connectivity index (χ0n) is 18.0. The molecule has 3 aromatic carbocycles. The van der Waals surface area contributed by atoms with Crippen molar-refractivity contribution in [1.82, 2.24) is 9.97 Å². The maximum absolute atomic E-state index is 15.3. The summed E-state index contributed by atoms with van der Waals surface area (Å²) in [6, 6.07) is 18.2. The van der Waals surface area contributed by atoms with Gasteiger partial charge in [0.1, 0.15) is 17.4 Å². The Balaban J connectivity index is 1.37. The normalized spacial score (nSPS) is 17.5. The average Bonchev–Trinajstić information content (AvgIpc) is 3.20. The summed E-state index contributed by atoms with van der Waals surface area (Å²) in [5, 5.41) is 0. The van der Waals surface area contributed by atoms with Crippen molar-refractivity contribution < 1.29 is 23.0 Å². The first-order chi connectivity index (χ1) is 16.0. The molecule has 1 aromatic heterocycles. The number of nitrogens with one attached hydrogen (secondary N) is 1. The highest BCUT2D eigenvalue weighted by molar-refractivity contribution is 5.84. The van der Waals surface area contributed by atoms with E-state index in [9.17, 15) is 9.18 Å². The number of nitrogens with zero attached hydrogens (tertiary/aromatic N) is 1. The fourth-order valence-corrected chi connectivity index (χ4v) is 4.11. The van der Waals surface area contributed by atoms with Gasteiger partial charge in [-0.05, 0) is 36.5 Å². The predicted octanol–water partition coefficient (Wildman–Crippen LogP) is 5.90. The third-order valence-corrected chi connectivity index (χ3v) is 5.92. The average molecular weight is 448 g/mol. The van der Waals surface area contributed by atoms with Gasteiger partial charge in [-0.15, -0.1) is 0 Å². The summed E-state index contributed by atoms with van der Waals surface area (Å²) in [5.41, 5.74) is 2.49. The monoisotopic (exact) mass is 448 g/mol. The van der Waals surface area contributed by atoms with E-state index in [-0.39, 0.29) is 40.6 Å². The van der Waals surface area contributed by atoms with Crippen molar-refractivity contribution in [2.75, 3.05) is 6.61 Å². The summed E-state index contributed by atoms with van der Waals surface area (Å²) in [6.07, 6.45) is 0.787. The highest BCUT2D eigenvalue weighted by atomic mass is 19.1. The highest BCUT2D eigenvalue weighted by Crippen LogP contribution is 2.35. The number of esters is 1. The molecule has 1 saturated carbocycles. The number of benzene rings is 3. The number of aromatic nitrogens is 2. The van der Waals surface area contributed by atoms with E-state index < -0.39 is 11.6 Å². The molecular weight excluding hydrogens is 426 g/mol. The number of H-pyrrole nitrogens is 1. The lowest BCUT2D eigenvalue weighted by Crippen LogP contribution is -2.39. The SMILES string of the molecule is CCOC(=O)C1CC(Oc2nc3c(F)c(-c4ccc(-c5ccccc5)cc4)c(F)cc3[nH]2)C1. The van der Waals surface area contributed by atoms with Crippen LogP contribution >= 0.6 is 0 Å². The summed E-state index contributed by atoms with van der Waals surface area (Å²) in [4.78, 5) is 18.8. The molecule has 0 saturated heterocycles. The number of carbonyl (C=O) groups is 1. The predicted molar refractivity (Wildman–Crippen MR) is 121 cm³/mol. The molecule has 1 fully saturated rings. The zero-order valence-corrected chi connectivity index (χ0v) is 18.0. The Bertz CT molecular complexity index is 1300. The second kappa shape index (κ2) is 8.65. The van der Waals surface area contributed by atoms with Crippen LogP contribution < -0.4 is 4.74 Å².